The molecular weight excluding hydrogens is 160 g/mol. The first kappa shape index (κ1) is 8.79. The lowest BCUT2D eigenvalue weighted by atomic mass is 9.89. The van der Waals surface area contributed by atoms with Gasteiger partial charge in [0, 0.05) is 19.2 Å². The van der Waals surface area contributed by atoms with Gasteiger partial charge in [-0.1, -0.05) is 13.8 Å². The summed E-state index contributed by atoms with van der Waals surface area (Å²) in [6.45, 7) is 7.89. The fraction of sp³-hybridized carbons (Fsp3) is 0.727. The first-order chi connectivity index (χ1) is 6.16. The Morgan fingerprint density at radius 1 is 1.54 bits per heavy atom. The maximum atomic E-state index is 4.51. The largest absolute Gasteiger partial charge is 0.334 e. The highest BCUT2D eigenvalue weighted by molar-refractivity contribution is 5.04. The van der Waals surface area contributed by atoms with Crippen molar-refractivity contribution in [3.05, 3.63) is 17.7 Å². The molecule has 0 amide bonds. The van der Waals surface area contributed by atoms with Crippen LogP contribution in [0.3, 0.4) is 0 Å². The van der Waals surface area contributed by atoms with Gasteiger partial charge in [0.1, 0.15) is 5.82 Å². The molecule has 0 saturated heterocycles. The minimum Gasteiger partial charge on any atom is -0.334 e. The van der Waals surface area contributed by atoms with E-state index in [4.69, 9.17) is 0 Å². The SMILES string of the molecule is Cc1cn2c(n1)CCC(C(C)C)C2. The lowest BCUT2D eigenvalue weighted by molar-refractivity contribution is 0.282. The highest BCUT2D eigenvalue weighted by Crippen LogP contribution is 2.25. The van der Waals surface area contributed by atoms with Gasteiger partial charge in [0.05, 0.1) is 5.69 Å². The molecule has 2 rings (SSSR count). The molecule has 2 heterocycles. The predicted octanol–water partition coefficient (Wildman–Crippen LogP) is 2.41. The summed E-state index contributed by atoms with van der Waals surface area (Å²) in [5.41, 5.74) is 1.17. The average molecular weight is 178 g/mol. The minimum absolute atomic E-state index is 0.802. The summed E-state index contributed by atoms with van der Waals surface area (Å²) >= 11 is 0. The Morgan fingerprint density at radius 2 is 2.31 bits per heavy atom. The fourth-order valence-electron chi connectivity index (χ4n) is 2.16. The number of aryl methyl sites for hydroxylation is 2. The van der Waals surface area contributed by atoms with Gasteiger partial charge in [-0.3, -0.25) is 0 Å². The van der Waals surface area contributed by atoms with E-state index in [1.165, 1.54) is 24.5 Å². The van der Waals surface area contributed by atoms with Crippen LogP contribution in [0.25, 0.3) is 0 Å². The molecule has 2 nitrogen and oxygen atoms in total. The molecule has 1 aromatic rings. The van der Waals surface area contributed by atoms with Crippen LogP contribution >= 0.6 is 0 Å². The molecule has 0 aliphatic carbocycles. The third-order valence-corrected chi connectivity index (χ3v) is 3.09. The van der Waals surface area contributed by atoms with Crippen molar-refractivity contribution >= 4 is 0 Å². The van der Waals surface area contributed by atoms with Crippen molar-refractivity contribution in [2.45, 2.75) is 40.2 Å². The van der Waals surface area contributed by atoms with Gasteiger partial charge in [0.2, 0.25) is 0 Å². The molecule has 0 spiro atoms. The van der Waals surface area contributed by atoms with E-state index in [1.54, 1.807) is 0 Å². The van der Waals surface area contributed by atoms with Crippen LogP contribution in [0, 0.1) is 18.8 Å². The fourth-order valence-corrected chi connectivity index (χ4v) is 2.16. The van der Waals surface area contributed by atoms with Crippen molar-refractivity contribution in [2.24, 2.45) is 11.8 Å². The van der Waals surface area contributed by atoms with Crippen LogP contribution in [-0.2, 0) is 13.0 Å². The molecule has 0 N–H and O–H groups in total. The second-order valence-electron chi connectivity index (χ2n) is 4.49. The summed E-state index contributed by atoms with van der Waals surface area (Å²) in [7, 11) is 0. The zero-order chi connectivity index (χ0) is 9.42. The first-order valence-electron chi connectivity index (χ1n) is 5.19. The Bertz CT molecular complexity index is 299. The highest BCUT2D eigenvalue weighted by Gasteiger charge is 2.21. The standard InChI is InChI=1S/C11H18N2/c1-8(2)10-4-5-11-12-9(3)6-13(11)7-10/h6,8,10H,4-5,7H2,1-3H3. The Kier molecular flexibility index (Phi) is 2.14. The van der Waals surface area contributed by atoms with Crippen LogP contribution in [0.2, 0.25) is 0 Å². The second kappa shape index (κ2) is 3.17. The smallest absolute Gasteiger partial charge is 0.108 e. The Morgan fingerprint density at radius 3 is 3.00 bits per heavy atom. The van der Waals surface area contributed by atoms with Crippen molar-refractivity contribution in [3.63, 3.8) is 0 Å². The van der Waals surface area contributed by atoms with Gasteiger partial charge in [-0.15, -0.1) is 0 Å². The zero-order valence-corrected chi connectivity index (χ0v) is 8.75. The molecule has 1 aromatic heterocycles. The quantitative estimate of drug-likeness (QED) is 0.645. The van der Waals surface area contributed by atoms with E-state index < -0.39 is 0 Å². The summed E-state index contributed by atoms with van der Waals surface area (Å²) in [5.74, 6) is 2.94. The highest BCUT2D eigenvalue weighted by atomic mass is 15.1. The van der Waals surface area contributed by atoms with Crippen LogP contribution in [0.15, 0.2) is 6.20 Å². The normalized spacial score (nSPS) is 22.0. The molecule has 0 saturated carbocycles. The van der Waals surface area contributed by atoms with Gasteiger partial charge >= 0.3 is 0 Å². The molecule has 72 valence electrons. The van der Waals surface area contributed by atoms with Crippen LogP contribution in [-0.4, -0.2) is 9.55 Å². The molecule has 0 aromatic carbocycles. The van der Waals surface area contributed by atoms with Crippen molar-refractivity contribution in [1.29, 1.82) is 0 Å². The van der Waals surface area contributed by atoms with E-state index >= 15 is 0 Å². The third kappa shape index (κ3) is 1.62. The van der Waals surface area contributed by atoms with E-state index in [2.05, 4.69) is 36.5 Å². The molecule has 0 fully saturated rings. The molecule has 1 unspecified atom stereocenters. The van der Waals surface area contributed by atoms with Gasteiger partial charge in [-0.25, -0.2) is 4.98 Å². The molecule has 1 aliphatic heterocycles. The number of fused-ring (bicyclic) bond motifs is 1. The Hall–Kier alpha value is -0.790. The van der Waals surface area contributed by atoms with Crippen molar-refractivity contribution in [1.82, 2.24) is 9.55 Å². The molecule has 0 radical (unpaired) electrons. The topological polar surface area (TPSA) is 17.8 Å². The minimum atomic E-state index is 0.802. The summed E-state index contributed by atoms with van der Waals surface area (Å²) in [4.78, 5) is 4.51. The number of hydrogen-bond donors (Lipinski definition) is 0. The van der Waals surface area contributed by atoms with E-state index in [0.717, 1.165) is 18.3 Å². The van der Waals surface area contributed by atoms with Crippen LogP contribution in [0.1, 0.15) is 31.8 Å². The van der Waals surface area contributed by atoms with E-state index in [-0.39, 0.29) is 0 Å². The van der Waals surface area contributed by atoms with Gasteiger partial charge in [-0.05, 0) is 25.2 Å². The second-order valence-corrected chi connectivity index (χ2v) is 4.49. The number of rotatable bonds is 1. The molecule has 13 heavy (non-hydrogen) atoms. The zero-order valence-electron chi connectivity index (χ0n) is 8.75. The number of imidazole rings is 1. The van der Waals surface area contributed by atoms with E-state index in [1.807, 2.05) is 0 Å². The number of aromatic nitrogens is 2. The molecule has 2 heteroatoms. The maximum absolute atomic E-state index is 4.51. The summed E-state index contributed by atoms with van der Waals surface area (Å²) < 4.78 is 2.34. The van der Waals surface area contributed by atoms with Crippen LogP contribution in [0.5, 0.6) is 0 Å². The Labute approximate surface area is 80.0 Å². The van der Waals surface area contributed by atoms with Crippen LogP contribution < -0.4 is 0 Å². The van der Waals surface area contributed by atoms with Crippen molar-refractivity contribution in [3.8, 4) is 0 Å². The molecule has 1 atom stereocenters. The lowest BCUT2D eigenvalue weighted by Crippen LogP contribution is -2.23. The van der Waals surface area contributed by atoms with E-state index in [9.17, 15) is 0 Å². The number of hydrogen-bond acceptors (Lipinski definition) is 1. The van der Waals surface area contributed by atoms with E-state index in [0.29, 0.717) is 0 Å². The number of nitrogens with zero attached hydrogens (tertiary/aromatic N) is 2. The predicted molar refractivity (Wildman–Crippen MR) is 53.6 cm³/mol. The lowest BCUT2D eigenvalue weighted by Gasteiger charge is -2.26. The monoisotopic (exact) mass is 178 g/mol. The summed E-state index contributed by atoms with van der Waals surface area (Å²) in [6, 6.07) is 0. The van der Waals surface area contributed by atoms with Crippen molar-refractivity contribution < 1.29 is 0 Å². The van der Waals surface area contributed by atoms with Gasteiger partial charge in [0.15, 0.2) is 0 Å². The van der Waals surface area contributed by atoms with Crippen LogP contribution in [0.4, 0.5) is 0 Å². The molecule has 1 aliphatic rings. The Balaban J connectivity index is 2.19. The maximum Gasteiger partial charge on any atom is 0.108 e. The molecule has 0 bridgehead atoms. The van der Waals surface area contributed by atoms with Gasteiger partial charge in [-0.2, -0.15) is 0 Å². The van der Waals surface area contributed by atoms with Gasteiger partial charge < -0.3 is 4.57 Å². The summed E-state index contributed by atoms with van der Waals surface area (Å²) in [5, 5.41) is 0. The molecular formula is C11H18N2. The van der Waals surface area contributed by atoms with Crippen molar-refractivity contribution in [2.75, 3.05) is 0 Å². The third-order valence-electron chi connectivity index (χ3n) is 3.09. The van der Waals surface area contributed by atoms with Gasteiger partial charge in [0.25, 0.3) is 0 Å². The average Bonchev–Trinajstić information content (AvgIpc) is 2.42. The first-order valence-corrected chi connectivity index (χ1v) is 5.19. The summed E-state index contributed by atoms with van der Waals surface area (Å²) in [6.07, 6.45) is 4.66.